The van der Waals surface area contributed by atoms with Crippen molar-refractivity contribution in [1.29, 1.82) is 0 Å². The van der Waals surface area contributed by atoms with Crippen molar-refractivity contribution >= 4 is 10.9 Å². The van der Waals surface area contributed by atoms with Crippen LogP contribution in [0.5, 0.6) is 0 Å². The van der Waals surface area contributed by atoms with Crippen molar-refractivity contribution in [2.24, 2.45) is 5.92 Å². The summed E-state index contributed by atoms with van der Waals surface area (Å²) in [6.07, 6.45) is 4.59. The Morgan fingerprint density at radius 1 is 1.03 bits per heavy atom. The van der Waals surface area contributed by atoms with Crippen molar-refractivity contribution in [2.45, 2.75) is 25.9 Å². The van der Waals surface area contributed by atoms with E-state index in [-0.39, 0.29) is 11.6 Å². The Labute approximate surface area is 190 Å². The second kappa shape index (κ2) is 7.97. The van der Waals surface area contributed by atoms with Gasteiger partial charge in [0.15, 0.2) is 5.69 Å². The number of hydrogen-bond donors (Lipinski definition) is 0. The fourth-order valence-electron chi connectivity index (χ4n) is 4.59. The van der Waals surface area contributed by atoms with E-state index in [1.54, 1.807) is 10.9 Å². The van der Waals surface area contributed by atoms with E-state index in [0.717, 1.165) is 35.2 Å². The summed E-state index contributed by atoms with van der Waals surface area (Å²) in [7, 11) is 0. The fraction of sp³-hybridized carbons (Fsp3) is 0.280. The second-order valence-corrected chi connectivity index (χ2v) is 8.65. The third-order valence-corrected chi connectivity index (χ3v) is 6.52. The smallest absolute Gasteiger partial charge is 0.297 e. The van der Waals surface area contributed by atoms with E-state index in [2.05, 4.69) is 24.2 Å². The quantitative estimate of drug-likeness (QED) is 0.427. The normalized spacial score (nSPS) is 18.8. The highest BCUT2D eigenvalue weighted by molar-refractivity contribution is 5.92. The summed E-state index contributed by atoms with van der Waals surface area (Å²) in [5.74, 6) is 0.326. The highest BCUT2D eigenvalue weighted by Gasteiger charge is 2.30. The van der Waals surface area contributed by atoms with Crippen molar-refractivity contribution in [3.05, 3.63) is 82.9 Å². The van der Waals surface area contributed by atoms with Gasteiger partial charge < -0.3 is 4.74 Å². The molecule has 0 N–H and O–H groups in total. The zero-order valence-corrected chi connectivity index (χ0v) is 18.3. The van der Waals surface area contributed by atoms with E-state index in [0.29, 0.717) is 30.5 Å². The fourth-order valence-corrected chi connectivity index (χ4v) is 4.59. The molecule has 33 heavy (non-hydrogen) atoms. The summed E-state index contributed by atoms with van der Waals surface area (Å²) >= 11 is 0. The van der Waals surface area contributed by atoms with Crippen LogP contribution in [0, 0.1) is 5.92 Å². The number of fused-ring (bicyclic) bond motifs is 3. The molecule has 3 aromatic rings. The van der Waals surface area contributed by atoms with Gasteiger partial charge in [-0.3, -0.25) is 9.48 Å². The van der Waals surface area contributed by atoms with Crippen molar-refractivity contribution in [3.63, 3.8) is 0 Å². The number of benzene rings is 2. The molecule has 8 nitrogen and oxygen atoms in total. The third-order valence-electron chi connectivity index (χ3n) is 6.52. The maximum atomic E-state index is 13.4. The van der Waals surface area contributed by atoms with Crippen LogP contribution < -0.4 is 5.56 Å². The predicted molar refractivity (Wildman–Crippen MR) is 125 cm³/mol. The van der Waals surface area contributed by atoms with E-state index in [9.17, 15) is 4.79 Å². The molecule has 0 radical (unpaired) electrons. The van der Waals surface area contributed by atoms with Crippen molar-refractivity contribution in [3.8, 4) is 17.1 Å². The molecule has 4 heterocycles. The molecule has 2 aromatic carbocycles. The van der Waals surface area contributed by atoms with Gasteiger partial charge in [0.25, 0.3) is 5.56 Å². The summed E-state index contributed by atoms with van der Waals surface area (Å²) < 4.78 is 11.0. The lowest BCUT2D eigenvalue weighted by Gasteiger charge is -2.28. The minimum absolute atomic E-state index is 0.0671. The number of ether oxygens (including phenoxy) is 1. The lowest BCUT2D eigenvalue weighted by molar-refractivity contribution is 0.0227. The van der Waals surface area contributed by atoms with Crippen LogP contribution >= 0.6 is 0 Å². The van der Waals surface area contributed by atoms with Gasteiger partial charge in [-0.15, -0.1) is 0 Å². The van der Waals surface area contributed by atoms with E-state index in [1.807, 2.05) is 58.0 Å². The molecule has 2 atom stereocenters. The predicted octanol–water partition coefficient (Wildman–Crippen LogP) is 3.53. The number of para-hydroxylation sites is 1. The molecule has 3 aliphatic rings. The number of nitrogens with zero attached hydrogens (tertiary/aromatic N) is 6. The summed E-state index contributed by atoms with van der Waals surface area (Å²) in [6.45, 7) is 3.93. The zero-order chi connectivity index (χ0) is 22.4. The molecule has 0 spiro atoms. The molecule has 8 heteroatoms. The van der Waals surface area contributed by atoms with Crippen LogP contribution in [-0.2, 0) is 11.3 Å². The zero-order valence-electron chi connectivity index (χ0n) is 18.3. The SMILES string of the molecule is C[C@@H]1CCOC[C@@H]1n1nc2c3ccccc3n(Cc3ccc(-n4cccn4)cc3)nc-2c1=O. The van der Waals surface area contributed by atoms with Gasteiger partial charge in [-0.05, 0) is 42.2 Å². The number of rotatable bonds is 4. The van der Waals surface area contributed by atoms with Gasteiger partial charge in [-0.1, -0.05) is 37.3 Å². The average Bonchev–Trinajstić information content (AvgIpc) is 3.49. The van der Waals surface area contributed by atoms with Crippen LogP contribution in [0.3, 0.4) is 0 Å². The van der Waals surface area contributed by atoms with Crippen LogP contribution in [0.1, 0.15) is 24.9 Å². The highest BCUT2D eigenvalue weighted by Crippen LogP contribution is 2.29. The molecule has 0 unspecified atom stereocenters. The molecule has 1 fully saturated rings. The summed E-state index contributed by atoms with van der Waals surface area (Å²) in [6, 6.07) is 18.0. The summed E-state index contributed by atoms with van der Waals surface area (Å²) in [5.41, 5.74) is 3.92. The molecule has 0 amide bonds. The molecule has 1 aromatic heterocycles. The van der Waals surface area contributed by atoms with Crippen LogP contribution in [0.2, 0.25) is 0 Å². The van der Waals surface area contributed by atoms with E-state index in [4.69, 9.17) is 14.9 Å². The largest absolute Gasteiger partial charge is 0.379 e. The molecule has 1 saturated heterocycles. The minimum Gasteiger partial charge on any atom is -0.379 e. The minimum atomic E-state index is -0.152. The Bertz CT molecular complexity index is 1430. The Hall–Kier alpha value is -3.78. The van der Waals surface area contributed by atoms with E-state index >= 15 is 0 Å². The Morgan fingerprint density at radius 3 is 2.67 bits per heavy atom. The molecule has 6 rings (SSSR count). The first-order chi connectivity index (χ1) is 16.2. The van der Waals surface area contributed by atoms with Gasteiger partial charge in [0, 0.05) is 24.4 Å². The van der Waals surface area contributed by atoms with E-state index in [1.165, 1.54) is 0 Å². The first-order valence-corrected chi connectivity index (χ1v) is 11.2. The Kier molecular flexibility index (Phi) is 4.80. The lowest BCUT2D eigenvalue weighted by Crippen LogP contribution is -2.34. The molecule has 0 aliphatic carbocycles. The van der Waals surface area contributed by atoms with Crippen molar-refractivity contribution in [1.82, 2.24) is 29.3 Å². The Morgan fingerprint density at radius 2 is 1.88 bits per heavy atom. The van der Waals surface area contributed by atoms with Gasteiger partial charge in [0.2, 0.25) is 0 Å². The lowest BCUT2D eigenvalue weighted by atomic mass is 9.97. The van der Waals surface area contributed by atoms with Crippen LogP contribution in [0.25, 0.3) is 28.0 Å². The topological polar surface area (TPSA) is 79.8 Å². The van der Waals surface area contributed by atoms with Gasteiger partial charge in [-0.25, -0.2) is 9.36 Å². The molecular weight excluding hydrogens is 416 g/mol. The van der Waals surface area contributed by atoms with Crippen molar-refractivity contribution < 1.29 is 4.74 Å². The van der Waals surface area contributed by atoms with Crippen LogP contribution in [0.4, 0.5) is 0 Å². The van der Waals surface area contributed by atoms with Crippen LogP contribution in [0.15, 0.2) is 71.8 Å². The second-order valence-electron chi connectivity index (χ2n) is 8.65. The Balaban J connectivity index is 1.43. The first kappa shape index (κ1) is 19.9. The third kappa shape index (κ3) is 3.43. The standard InChI is InChI=1S/C25H24N6O2/c1-17-11-14-33-16-22(17)31-25(32)24-23(28-31)20-5-2-3-6-21(20)30(27-24)15-18-7-9-19(10-8-18)29-13-4-12-26-29/h2-10,12-13,17,22H,11,14-16H2,1H3/t17-,22+/m1/s1. The molecule has 3 aliphatic heterocycles. The molecule has 0 saturated carbocycles. The number of aromatic nitrogens is 6. The monoisotopic (exact) mass is 440 g/mol. The summed E-state index contributed by atoms with van der Waals surface area (Å²) in [4.78, 5) is 13.4. The highest BCUT2D eigenvalue weighted by atomic mass is 16.5. The maximum Gasteiger partial charge on any atom is 0.297 e. The van der Waals surface area contributed by atoms with E-state index < -0.39 is 0 Å². The van der Waals surface area contributed by atoms with Crippen molar-refractivity contribution in [2.75, 3.05) is 13.2 Å². The molecular formula is C25H24N6O2. The molecule has 0 bridgehead atoms. The van der Waals surface area contributed by atoms with Gasteiger partial charge in [0.05, 0.1) is 30.4 Å². The first-order valence-electron chi connectivity index (χ1n) is 11.2. The van der Waals surface area contributed by atoms with Crippen LogP contribution in [-0.4, -0.2) is 42.6 Å². The van der Waals surface area contributed by atoms with Gasteiger partial charge in [0.1, 0.15) is 5.69 Å². The summed E-state index contributed by atoms with van der Waals surface area (Å²) in [5, 5.41) is 14.7. The van der Waals surface area contributed by atoms with Gasteiger partial charge in [-0.2, -0.15) is 15.3 Å². The maximum absolute atomic E-state index is 13.4. The average molecular weight is 441 g/mol. The number of hydrogen-bond acceptors (Lipinski definition) is 5. The van der Waals surface area contributed by atoms with Gasteiger partial charge >= 0.3 is 0 Å². The molecule has 166 valence electrons.